The van der Waals surface area contributed by atoms with Crippen LogP contribution in [-0.4, -0.2) is 17.2 Å². The number of rotatable bonds is 3. The molecule has 2 N–H and O–H groups in total. The van der Waals surface area contributed by atoms with E-state index in [9.17, 15) is 23.1 Å². The molecule has 0 atom stereocenters. The van der Waals surface area contributed by atoms with E-state index in [0.717, 1.165) is 30.5 Å². The lowest BCUT2D eigenvalue weighted by Gasteiger charge is -2.07. The molecule has 0 saturated heterocycles. The van der Waals surface area contributed by atoms with Crippen LogP contribution in [0.25, 0.3) is 0 Å². The SMILES string of the molecule is O=C(NN=Cc1cc(Cl)cc(Cl)c1O)c1ccc(C(F)(F)F)cc1. The molecule has 4 nitrogen and oxygen atoms in total. The fourth-order valence-electron chi connectivity index (χ4n) is 1.72. The maximum atomic E-state index is 12.4. The second-order valence-electron chi connectivity index (χ2n) is 4.60. The van der Waals surface area contributed by atoms with E-state index >= 15 is 0 Å². The van der Waals surface area contributed by atoms with E-state index < -0.39 is 17.6 Å². The number of carbonyl (C=O) groups excluding carboxylic acids is 1. The Balaban J connectivity index is 2.08. The summed E-state index contributed by atoms with van der Waals surface area (Å²) in [4.78, 5) is 11.8. The number of hydrazone groups is 1. The monoisotopic (exact) mass is 376 g/mol. The van der Waals surface area contributed by atoms with E-state index in [0.29, 0.717) is 0 Å². The van der Waals surface area contributed by atoms with Crippen LogP contribution >= 0.6 is 23.2 Å². The lowest BCUT2D eigenvalue weighted by Crippen LogP contribution is -2.18. The van der Waals surface area contributed by atoms with Gasteiger partial charge < -0.3 is 5.11 Å². The number of phenolic OH excluding ortho intramolecular Hbond substituents is 1. The summed E-state index contributed by atoms with van der Waals surface area (Å²) in [5.41, 5.74) is 1.42. The van der Waals surface area contributed by atoms with E-state index in [2.05, 4.69) is 10.5 Å². The Morgan fingerprint density at radius 3 is 2.38 bits per heavy atom. The van der Waals surface area contributed by atoms with Gasteiger partial charge in [-0.05, 0) is 36.4 Å². The van der Waals surface area contributed by atoms with Crippen LogP contribution < -0.4 is 5.43 Å². The number of benzene rings is 2. The summed E-state index contributed by atoms with van der Waals surface area (Å²) in [7, 11) is 0. The van der Waals surface area contributed by atoms with Gasteiger partial charge in [0.15, 0.2) is 0 Å². The summed E-state index contributed by atoms with van der Waals surface area (Å²) in [5.74, 6) is -0.985. The molecule has 0 spiro atoms. The number of aromatic hydroxyl groups is 1. The lowest BCUT2D eigenvalue weighted by atomic mass is 10.1. The molecule has 24 heavy (non-hydrogen) atoms. The molecule has 0 unspecified atom stereocenters. The summed E-state index contributed by atoms with van der Waals surface area (Å²) < 4.78 is 37.3. The molecule has 0 fully saturated rings. The Labute approximate surface area is 144 Å². The summed E-state index contributed by atoms with van der Waals surface area (Å²) in [5, 5.41) is 13.6. The first-order chi connectivity index (χ1) is 11.2. The second-order valence-corrected chi connectivity index (χ2v) is 5.44. The van der Waals surface area contributed by atoms with E-state index in [1.54, 1.807) is 0 Å². The zero-order chi connectivity index (χ0) is 17.9. The first-order valence-corrected chi connectivity index (χ1v) is 7.13. The molecule has 0 radical (unpaired) electrons. The van der Waals surface area contributed by atoms with Crippen molar-refractivity contribution in [2.24, 2.45) is 5.10 Å². The number of alkyl halides is 3. The van der Waals surface area contributed by atoms with Gasteiger partial charge in [0.2, 0.25) is 0 Å². The Kier molecular flexibility index (Phi) is 5.36. The van der Waals surface area contributed by atoms with Crippen molar-refractivity contribution in [1.29, 1.82) is 0 Å². The molecule has 9 heteroatoms. The molecule has 126 valence electrons. The Morgan fingerprint density at radius 1 is 1.17 bits per heavy atom. The average Bonchev–Trinajstić information content (AvgIpc) is 2.51. The average molecular weight is 377 g/mol. The zero-order valence-corrected chi connectivity index (χ0v) is 13.2. The second kappa shape index (κ2) is 7.11. The number of hydrogen-bond donors (Lipinski definition) is 2. The van der Waals surface area contributed by atoms with Gasteiger partial charge in [-0.15, -0.1) is 0 Å². The molecule has 0 saturated carbocycles. The van der Waals surface area contributed by atoms with Crippen molar-refractivity contribution in [3.05, 3.63) is 63.1 Å². The van der Waals surface area contributed by atoms with E-state index in [1.165, 1.54) is 12.1 Å². The summed E-state index contributed by atoms with van der Waals surface area (Å²) in [6, 6.07) is 6.35. The minimum atomic E-state index is -4.48. The van der Waals surface area contributed by atoms with Crippen LogP contribution in [0.4, 0.5) is 13.2 Å². The van der Waals surface area contributed by atoms with Gasteiger partial charge in [-0.25, -0.2) is 5.43 Å². The predicted octanol–water partition coefficient (Wildman–Crippen LogP) is 4.48. The van der Waals surface area contributed by atoms with Gasteiger partial charge in [-0.1, -0.05) is 23.2 Å². The van der Waals surface area contributed by atoms with Crippen molar-refractivity contribution in [2.45, 2.75) is 6.18 Å². The van der Waals surface area contributed by atoms with Crippen molar-refractivity contribution in [3.8, 4) is 5.75 Å². The van der Waals surface area contributed by atoms with Gasteiger partial charge in [0.25, 0.3) is 5.91 Å². The van der Waals surface area contributed by atoms with Crippen molar-refractivity contribution in [1.82, 2.24) is 5.43 Å². The highest BCUT2D eigenvalue weighted by molar-refractivity contribution is 6.36. The molecule has 0 heterocycles. The van der Waals surface area contributed by atoms with Crippen LogP contribution in [0.5, 0.6) is 5.75 Å². The highest BCUT2D eigenvalue weighted by Gasteiger charge is 2.30. The molecular weight excluding hydrogens is 368 g/mol. The largest absolute Gasteiger partial charge is 0.506 e. The van der Waals surface area contributed by atoms with Gasteiger partial charge in [-0.3, -0.25) is 4.79 Å². The number of nitrogens with zero attached hydrogens (tertiary/aromatic N) is 1. The van der Waals surface area contributed by atoms with Gasteiger partial charge in [0.05, 0.1) is 16.8 Å². The van der Waals surface area contributed by atoms with Crippen LogP contribution in [0.15, 0.2) is 41.5 Å². The Bertz CT molecular complexity index is 791. The zero-order valence-electron chi connectivity index (χ0n) is 11.7. The first kappa shape index (κ1) is 18.1. The van der Waals surface area contributed by atoms with Gasteiger partial charge in [0.1, 0.15) is 5.75 Å². The number of halogens is 5. The number of phenols is 1. The molecule has 2 rings (SSSR count). The normalized spacial score (nSPS) is 11.7. The first-order valence-electron chi connectivity index (χ1n) is 6.37. The molecule has 2 aromatic carbocycles. The number of carbonyl (C=O) groups is 1. The van der Waals surface area contributed by atoms with Crippen LogP contribution in [0.1, 0.15) is 21.5 Å². The van der Waals surface area contributed by atoms with Crippen LogP contribution in [0.3, 0.4) is 0 Å². The Morgan fingerprint density at radius 2 is 1.79 bits per heavy atom. The van der Waals surface area contributed by atoms with Gasteiger partial charge in [-0.2, -0.15) is 18.3 Å². The van der Waals surface area contributed by atoms with Crippen molar-refractivity contribution < 1.29 is 23.1 Å². The third-order valence-corrected chi connectivity index (χ3v) is 3.41. The summed E-state index contributed by atoms with van der Waals surface area (Å²) in [6.07, 6.45) is -3.37. The minimum absolute atomic E-state index is 0.00602. The predicted molar refractivity (Wildman–Crippen MR) is 84.6 cm³/mol. The third kappa shape index (κ3) is 4.39. The topological polar surface area (TPSA) is 61.7 Å². The molecule has 2 aromatic rings. The standard InChI is InChI=1S/C15H9Cl2F3N2O2/c16-11-5-9(13(23)12(17)6-11)7-21-22-14(24)8-1-3-10(4-2-8)15(18,19)20/h1-7,23H,(H,22,24). The van der Waals surface area contributed by atoms with Crippen molar-refractivity contribution in [3.63, 3.8) is 0 Å². The van der Waals surface area contributed by atoms with Crippen molar-refractivity contribution in [2.75, 3.05) is 0 Å². The lowest BCUT2D eigenvalue weighted by molar-refractivity contribution is -0.137. The molecule has 0 aliphatic carbocycles. The fraction of sp³-hybridized carbons (Fsp3) is 0.0667. The maximum Gasteiger partial charge on any atom is 0.416 e. The smallest absolute Gasteiger partial charge is 0.416 e. The molecule has 1 amide bonds. The highest BCUT2D eigenvalue weighted by atomic mass is 35.5. The number of nitrogens with one attached hydrogen (secondary N) is 1. The fourth-order valence-corrected chi connectivity index (χ4v) is 2.23. The van der Waals surface area contributed by atoms with Crippen LogP contribution in [-0.2, 0) is 6.18 Å². The van der Waals surface area contributed by atoms with E-state index in [4.69, 9.17) is 23.2 Å². The Hall–Kier alpha value is -2.25. The molecule has 0 aliphatic heterocycles. The summed E-state index contributed by atoms with van der Waals surface area (Å²) >= 11 is 11.5. The molecule has 0 aromatic heterocycles. The van der Waals surface area contributed by atoms with Crippen LogP contribution in [0, 0.1) is 0 Å². The number of hydrogen-bond acceptors (Lipinski definition) is 3. The van der Waals surface area contributed by atoms with E-state index in [-0.39, 0.29) is 26.9 Å². The molecule has 0 aliphatic rings. The minimum Gasteiger partial charge on any atom is -0.506 e. The number of amides is 1. The molecule has 0 bridgehead atoms. The van der Waals surface area contributed by atoms with Gasteiger partial charge >= 0.3 is 6.18 Å². The van der Waals surface area contributed by atoms with E-state index in [1.807, 2.05) is 0 Å². The third-order valence-electron chi connectivity index (χ3n) is 2.90. The molecular formula is C15H9Cl2F3N2O2. The quantitative estimate of drug-likeness (QED) is 0.612. The summed E-state index contributed by atoms with van der Waals surface area (Å²) in [6.45, 7) is 0. The van der Waals surface area contributed by atoms with Gasteiger partial charge in [0, 0.05) is 16.1 Å². The highest BCUT2D eigenvalue weighted by Crippen LogP contribution is 2.30. The van der Waals surface area contributed by atoms with Crippen LogP contribution in [0.2, 0.25) is 10.0 Å². The van der Waals surface area contributed by atoms with Crippen molar-refractivity contribution >= 4 is 35.3 Å². The maximum absolute atomic E-state index is 12.4.